The molecule has 0 saturated carbocycles. The van der Waals surface area contributed by atoms with E-state index in [2.05, 4.69) is 5.32 Å². The highest BCUT2D eigenvalue weighted by atomic mass is 32.2. The number of hydrogen-bond donors (Lipinski definition) is 1. The molecule has 1 atom stereocenters. The molecule has 0 saturated heterocycles. The third-order valence-electron chi connectivity index (χ3n) is 6.11. The lowest BCUT2D eigenvalue weighted by Gasteiger charge is -2.32. The molecule has 8 nitrogen and oxygen atoms in total. The van der Waals surface area contributed by atoms with Gasteiger partial charge in [0.15, 0.2) is 0 Å². The normalized spacial score (nSPS) is 11.9. The van der Waals surface area contributed by atoms with Crippen LogP contribution in [0.15, 0.2) is 77.7 Å². The lowest BCUT2D eigenvalue weighted by atomic mass is 10.1. The first-order valence-corrected chi connectivity index (χ1v) is 14.1. The van der Waals surface area contributed by atoms with Gasteiger partial charge in [-0.3, -0.25) is 13.9 Å². The van der Waals surface area contributed by atoms with Gasteiger partial charge in [0, 0.05) is 13.1 Å². The molecular formula is C29H34FN3O5S. The van der Waals surface area contributed by atoms with Crippen LogP contribution in [0.1, 0.15) is 31.9 Å². The van der Waals surface area contributed by atoms with Crippen molar-refractivity contribution in [2.45, 2.75) is 45.2 Å². The first-order valence-electron chi connectivity index (χ1n) is 12.7. The van der Waals surface area contributed by atoms with Gasteiger partial charge < -0.3 is 15.0 Å². The van der Waals surface area contributed by atoms with Gasteiger partial charge in [0.05, 0.1) is 17.2 Å². The summed E-state index contributed by atoms with van der Waals surface area (Å²) < 4.78 is 47.6. The van der Waals surface area contributed by atoms with Gasteiger partial charge in [0.1, 0.15) is 24.2 Å². The molecule has 3 rings (SSSR count). The molecule has 0 aliphatic carbocycles. The van der Waals surface area contributed by atoms with E-state index in [1.165, 1.54) is 41.3 Å². The van der Waals surface area contributed by atoms with Gasteiger partial charge >= 0.3 is 0 Å². The minimum Gasteiger partial charge on any atom is -0.494 e. The van der Waals surface area contributed by atoms with Gasteiger partial charge in [-0.2, -0.15) is 0 Å². The summed E-state index contributed by atoms with van der Waals surface area (Å²) in [5.41, 5.74) is 1.93. The summed E-state index contributed by atoms with van der Waals surface area (Å²) in [6.45, 7) is 7.42. The lowest BCUT2D eigenvalue weighted by molar-refractivity contribution is -0.139. The molecule has 2 amide bonds. The topological polar surface area (TPSA) is 96.0 Å². The van der Waals surface area contributed by atoms with E-state index in [0.29, 0.717) is 18.9 Å². The quantitative estimate of drug-likeness (QED) is 0.360. The number of aryl methyl sites for hydroxylation is 1. The number of nitrogens with one attached hydrogen (secondary N) is 1. The molecule has 0 unspecified atom stereocenters. The molecule has 1 N–H and O–H groups in total. The average Bonchev–Trinajstić information content (AvgIpc) is 2.92. The van der Waals surface area contributed by atoms with Crippen molar-refractivity contribution < 1.29 is 27.1 Å². The molecule has 0 spiro atoms. The van der Waals surface area contributed by atoms with E-state index >= 15 is 0 Å². The molecule has 39 heavy (non-hydrogen) atoms. The molecule has 0 aromatic heterocycles. The summed E-state index contributed by atoms with van der Waals surface area (Å²) in [6, 6.07) is 17.3. The molecule has 0 aliphatic heterocycles. The van der Waals surface area contributed by atoms with Gasteiger partial charge in [-0.1, -0.05) is 29.8 Å². The van der Waals surface area contributed by atoms with E-state index in [-0.39, 0.29) is 23.0 Å². The first-order chi connectivity index (χ1) is 18.6. The standard InChI is InChI=1S/C29H34FN3O5S/c1-5-31-29(35)22(4)32(19-23-9-7-21(3)8-10-23)28(34)20-33(25-13-11-24(30)12-14-25)39(36,37)27-17-15-26(16-18-27)38-6-2/h7-18,22H,5-6,19-20H2,1-4H3,(H,31,35)/t22-/m1/s1. The summed E-state index contributed by atoms with van der Waals surface area (Å²) in [7, 11) is -4.25. The minimum absolute atomic E-state index is 0.0649. The van der Waals surface area contributed by atoms with Crippen LogP contribution in [0.3, 0.4) is 0 Å². The van der Waals surface area contributed by atoms with Gasteiger partial charge in [-0.15, -0.1) is 0 Å². The number of rotatable bonds is 12. The molecule has 0 heterocycles. The number of anilines is 1. The Morgan fingerprint density at radius 2 is 1.56 bits per heavy atom. The van der Waals surface area contributed by atoms with E-state index < -0.39 is 34.3 Å². The predicted molar refractivity (Wildman–Crippen MR) is 148 cm³/mol. The number of nitrogens with zero attached hydrogens (tertiary/aromatic N) is 2. The third kappa shape index (κ3) is 7.57. The highest BCUT2D eigenvalue weighted by Gasteiger charge is 2.32. The number of benzene rings is 3. The molecule has 0 fully saturated rings. The second-order valence-electron chi connectivity index (χ2n) is 8.97. The lowest BCUT2D eigenvalue weighted by Crippen LogP contribution is -2.51. The summed E-state index contributed by atoms with van der Waals surface area (Å²) in [5.74, 6) is -0.996. The highest BCUT2D eigenvalue weighted by molar-refractivity contribution is 7.92. The zero-order valence-electron chi connectivity index (χ0n) is 22.6. The molecule has 0 radical (unpaired) electrons. The zero-order chi connectivity index (χ0) is 28.6. The maximum atomic E-state index is 13.8. The fraction of sp³-hybridized carbons (Fsp3) is 0.310. The monoisotopic (exact) mass is 555 g/mol. The van der Waals surface area contributed by atoms with Crippen LogP contribution in [-0.2, 0) is 26.2 Å². The summed E-state index contributed by atoms with van der Waals surface area (Å²) in [6.07, 6.45) is 0. The van der Waals surface area contributed by atoms with Crippen molar-refractivity contribution in [2.75, 3.05) is 24.0 Å². The highest BCUT2D eigenvalue weighted by Crippen LogP contribution is 2.26. The van der Waals surface area contributed by atoms with Crippen molar-refractivity contribution in [3.63, 3.8) is 0 Å². The zero-order valence-corrected chi connectivity index (χ0v) is 23.4. The van der Waals surface area contributed by atoms with Crippen LogP contribution >= 0.6 is 0 Å². The Morgan fingerprint density at radius 3 is 2.13 bits per heavy atom. The second kappa shape index (κ2) is 13.2. The van der Waals surface area contributed by atoms with Crippen molar-refractivity contribution >= 4 is 27.5 Å². The average molecular weight is 556 g/mol. The van der Waals surface area contributed by atoms with E-state index in [1.807, 2.05) is 38.1 Å². The summed E-state index contributed by atoms with van der Waals surface area (Å²) in [5, 5.41) is 2.72. The van der Waals surface area contributed by atoms with Gasteiger partial charge in [0.2, 0.25) is 11.8 Å². The van der Waals surface area contributed by atoms with Crippen LogP contribution < -0.4 is 14.4 Å². The van der Waals surface area contributed by atoms with E-state index in [0.717, 1.165) is 27.6 Å². The largest absolute Gasteiger partial charge is 0.494 e. The Morgan fingerprint density at radius 1 is 0.949 bits per heavy atom. The van der Waals surface area contributed by atoms with Gasteiger partial charge in [-0.25, -0.2) is 12.8 Å². The van der Waals surface area contributed by atoms with Crippen LogP contribution in [-0.4, -0.2) is 50.9 Å². The van der Waals surface area contributed by atoms with Crippen molar-refractivity contribution in [3.8, 4) is 5.75 Å². The Labute approximate surface area is 229 Å². The van der Waals surface area contributed by atoms with Crippen LogP contribution in [0.4, 0.5) is 10.1 Å². The number of ether oxygens (including phenoxy) is 1. The van der Waals surface area contributed by atoms with Gasteiger partial charge in [-0.05, 0) is 81.8 Å². The predicted octanol–water partition coefficient (Wildman–Crippen LogP) is 4.28. The summed E-state index contributed by atoms with van der Waals surface area (Å²) in [4.78, 5) is 27.8. The maximum absolute atomic E-state index is 13.8. The third-order valence-corrected chi connectivity index (χ3v) is 7.90. The first kappa shape index (κ1) is 29.6. The molecule has 0 aliphatic rings. The van der Waals surface area contributed by atoms with Crippen LogP contribution in [0.2, 0.25) is 0 Å². The Kier molecular flexibility index (Phi) is 10.1. The van der Waals surface area contributed by atoms with Crippen molar-refractivity contribution in [3.05, 3.63) is 89.7 Å². The minimum atomic E-state index is -4.25. The van der Waals surface area contributed by atoms with Crippen molar-refractivity contribution in [2.24, 2.45) is 0 Å². The van der Waals surface area contributed by atoms with Crippen LogP contribution in [0, 0.1) is 12.7 Å². The number of carbonyl (C=O) groups excluding carboxylic acids is 2. The Bertz CT molecular complexity index is 1360. The number of hydrogen-bond acceptors (Lipinski definition) is 5. The van der Waals surface area contributed by atoms with E-state index in [1.54, 1.807) is 13.8 Å². The number of halogens is 1. The molecule has 3 aromatic carbocycles. The van der Waals surface area contributed by atoms with E-state index in [9.17, 15) is 22.4 Å². The molecule has 0 bridgehead atoms. The Hall–Kier alpha value is -3.92. The fourth-order valence-corrected chi connectivity index (χ4v) is 5.35. The van der Waals surface area contributed by atoms with Crippen LogP contribution in [0.25, 0.3) is 0 Å². The maximum Gasteiger partial charge on any atom is 0.264 e. The molecular weight excluding hydrogens is 521 g/mol. The van der Waals surface area contributed by atoms with Crippen molar-refractivity contribution in [1.29, 1.82) is 0 Å². The van der Waals surface area contributed by atoms with E-state index in [4.69, 9.17) is 4.74 Å². The number of sulfonamides is 1. The second-order valence-corrected chi connectivity index (χ2v) is 10.8. The SMILES string of the molecule is CCNC(=O)[C@@H](C)N(Cc1ccc(C)cc1)C(=O)CN(c1ccc(F)cc1)S(=O)(=O)c1ccc(OCC)cc1. The Balaban J connectivity index is 2.00. The van der Waals surface area contributed by atoms with Crippen molar-refractivity contribution in [1.82, 2.24) is 10.2 Å². The number of amides is 2. The number of carbonyl (C=O) groups is 2. The smallest absolute Gasteiger partial charge is 0.264 e. The van der Waals surface area contributed by atoms with Crippen LogP contribution in [0.5, 0.6) is 5.75 Å². The molecule has 208 valence electrons. The fourth-order valence-electron chi connectivity index (χ4n) is 3.93. The molecule has 3 aromatic rings. The molecule has 10 heteroatoms. The van der Waals surface area contributed by atoms with Gasteiger partial charge in [0.25, 0.3) is 10.0 Å². The summed E-state index contributed by atoms with van der Waals surface area (Å²) >= 11 is 0. The number of likely N-dealkylation sites (N-methyl/N-ethyl adjacent to an activating group) is 1.